The Balaban J connectivity index is 2.79. The van der Waals surface area contributed by atoms with Crippen molar-refractivity contribution in [1.82, 2.24) is 0 Å². The third-order valence-electron chi connectivity index (χ3n) is 2.74. The summed E-state index contributed by atoms with van der Waals surface area (Å²) in [5.74, 6) is -0.527. The van der Waals surface area contributed by atoms with Crippen molar-refractivity contribution < 1.29 is 19.3 Å². The number of nitro benzene ring substituents is 2. The van der Waals surface area contributed by atoms with Gasteiger partial charge in [-0.25, -0.2) is 0 Å². The molecule has 0 N–H and O–H groups in total. The maximum absolute atomic E-state index is 11.1. The summed E-state index contributed by atoms with van der Waals surface area (Å²) < 4.78 is 10.6. The van der Waals surface area contributed by atoms with Crippen LogP contribution in [0, 0.1) is 20.2 Å². The summed E-state index contributed by atoms with van der Waals surface area (Å²) in [6.45, 7) is 0.382. The predicted octanol–water partition coefficient (Wildman–Crippen LogP) is 3.00. The van der Waals surface area contributed by atoms with Crippen molar-refractivity contribution in [2.24, 2.45) is 5.11 Å². The monoisotopic (exact) mass is 295 g/mol. The van der Waals surface area contributed by atoms with Crippen molar-refractivity contribution in [2.75, 3.05) is 13.2 Å². The van der Waals surface area contributed by atoms with E-state index in [9.17, 15) is 20.2 Å². The highest BCUT2D eigenvalue weighted by Crippen LogP contribution is 2.50. The minimum absolute atomic E-state index is 0.183. The second-order valence-electron chi connectivity index (χ2n) is 4.03. The molecule has 0 saturated heterocycles. The Morgan fingerprint density at radius 1 is 1.10 bits per heavy atom. The number of hydrogen-bond acceptors (Lipinski definition) is 7. The van der Waals surface area contributed by atoms with Crippen LogP contribution in [0.2, 0.25) is 0 Å². The molecule has 0 aromatic heterocycles. The molecule has 0 aliphatic carbocycles. The number of hydrogen-bond donors (Lipinski definition) is 0. The molecule has 1 aliphatic rings. The molecule has 0 saturated carbocycles. The van der Waals surface area contributed by atoms with Gasteiger partial charge in [-0.3, -0.25) is 20.2 Å². The van der Waals surface area contributed by atoms with E-state index in [0.29, 0.717) is 18.9 Å². The molecular weight excluding hydrogens is 286 g/mol. The van der Waals surface area contributed by atoms with Gasteiger partial charge in [-0.15, -0.1) is 0 Å². The Kier molecular flexibility index (Phi) is 4.05. The number of fused-ring (bicyclic) bond motifs is 1. The molecule has 0 atom stereocenters. The van der Waals surface area contributed by atoms with Gasteiger partial charge in [-0.2, -0.15) is 0 Å². The van der Waals surface area contributed by atoms with Crippen LogP contribution in [0.3, 0.4) is 0 Å². The predicted molar refractivity (Wildman–Crippen MR) is 68.8 cm³/mol. The smallest absolute Gasteiger partial charge is 0.321 e. The molecule has 11 nitrogen and oxygen atoms in total. The Hall–Kier alpha value is -3.07. The largest absolute Gasteiger partial charge is 0.489 e. The summed E-state index contributed by atoms with van der Waals surface area (Å²) in [5.41, 5.74) is 6.80. The van der Waals surface area contributed by atoms with Gasteiger partial charge >= 0.3 is 5.69 Å². The molecule has 1 aliphatic heterocycles. The van der Waals surface area contributed by atoms with Gasteiger partial charge in [0, 0.05) is 4.91 Å². The number of azide groups is 1. The van der Waals surface area contributed by atoms with E-state index in [4.69, 9.17) is 15.0 Å². The maximum Gasteiger partial charge on any atom is 0.321 e. The molecule has 2 rings (SSSR count). The zero-order chi connectivity index (χ0) is 15.4. The van der Waals surface area contributed by atoms with E-state index in [1.54, 1.807) is 0 Å². The molecule has 11 heteroatoms. The summed E-state index contributed by atoms with van der Waals surface area (Å²) in [5, 5.41) is 25.3. The van der Waals surface area contributed by atoms with Crippen LogP contribution in [-0.4, -0.2) is 23.1 Å². The fourth-order valence-corrected chi connectivity index (χ4v) is 1.85. The number of nitro groups is 2. The van der Waals surface area contributed by atoms with Gasteiger partial charge in [0.05, 0.1) is 29.1 Å². The van der Waals surface area contributed by atoms with Crippen LogP contribution in [0.4, 0.5) is 17.1 Å². The number of benzene rings is 1. The summed E-state index contributed by atoms with van der Waals surface area (Å²) in [6, 6.07) is 0.702. The van der Waals surface area contributed by atoms with Crippen molar-refractivity contribution in [1.29, 1.82) is 0 Å². The van der Waals surface area contributed by atoms with Gasteiger partial charge in [0.1, 0.15) is 0 Å². The quantitative estimate of drug-likeness (QED) is 0.274. The molecule has 21 heavy (non-hydrogen) atoms. The van der Waals surface area contributed by atoms with Gasteiger partial charge in [0.25, 0.3) is 5.69 Å². The molecule has 110 valence electrons. The average Bonchev–Trinajstić information content (AvgIpc) is 2.39. The SMILES string of the molecule is [N-]=[N+]=Nc1c([N+](=O)[O-])cc([N+](=O)[O-])c2c1OCCCCO2. The molecule has 0 unspecified atom stereocenters. The average molecular weight is 295 g/mol. The zero-order valence-electron chi connectivity index (χ0n) is 10.6. The normalized spacial score (nSPS) is 13.5. The van der Waals surface area contributed by atoms with Crippen LogP contribution in [0.1, 0.15) is 12.8 Å². The van der Waals surface area contributed by atoms with Gasteiger partial charge in [-0.1, -0.05) is 0 Å². The minimum Gasteiger partial charge on any atom is -0.489 e. The Morgan fingerprint density at radius 3 is 2.19 bits per heavy atom. The fourth-order valence-electron chi connectivity index (χ4n) is 1.85. The Labute approximate surface area is 117 Å². The van der Waals surface area contributed by atoms with Crippen molar-refractivity contribution in [3.8, 4) is 11.5 Å². The lowest BCUT2D eigenvalue weighted by atomic mass is 10.2. The molecule has 1 heterocycles. The zero-order valence-corrected chi connectivity index (χ0v) is 10.6. The molecule has 0 radical (unpaired) electrons. The lowest BCUT2D eigenvalue weighted by Gasteiger charge is -2.17. The first-order valence-corrected chi connectivity index (χ1v) is 5.86. The van der Waals surface area contributed by atoms with Crippen LogP contribution in [0.5, 0.6) is 11.5 Å². The van der Waals surface area contributed by atoms with E-state index in [1.165, 1.54) is 0 Å². The van der Waals surface area contributed by atoms with Gasteiger partial charge in [0.15, 0.2) is 11.4 Å². The number of nitrogens with zero attached hydrogens (tertiary/aromatic N) is 5. The molecule has 0 fully saturated rings. The fraction of sp³-hybridized carbons (Fsp3) is 0.400. The van der Waals surface area contributed by atoms with Crippen molar-refractivity contribution in [3.05, 3.63) is 36.7 Å². The molecular formula is C10H9N5O6. The van der Waals surface area contributed by atoms with Crippen molar-refractivity contribution >= 4 is 17.1 Å². The van der Waals surface area contributed by atoms with Crippen LogP contribution in [0.15, 0.2) is 11.2 Å². The number of rotatable bonds is 3. The molecule has 0 bridgehead atoms. The molecule has 1 aromatic carbocycles. The van der Waals surface area contributed by atoms with E-state index in [-0.39, 0.29) is 24.7 Å². The highest BCUT2D eigenvalue weighted by atomic mass is 16.6. The lowest BCUT2D eigenvalue weighted by Crippen LogP contribution is -2.10. The van der Waals surface area contributed by atoms with Gasteiger partial charge < -0.3 is 9.47 Å². The summed E-state index contributed by atoms with van der Waals surface area (Å²) >= 11 is 0. The maximum atomic E-state index is 11.1. The van der Waals surface area contributed by atoms with E-state index < -0.39 is 26.9 Å². The second-order valence-corrected chi connectivity index (χ2v) is 4.03. The van der Waals surface area contributed by atoms with Gasteiger partial charge in [0.2, 0.25) is 5.75 Å². The minimum atomic E-state index is -0.876. The van der Waals surface area contributed by atoms with Crippen LogP contribution < -0.4 is 9.47 Å². The first-order chi connectivity index (χ1) is 10.1. The third kappa shape index (κ3) is 2.77. The van der Waals surface area contributed by atoms with Crippen LogP contribution in [-0.2, 0) is 0 Å². The van der Waals surface area contributed by atoms with Crippen molar-refractivity contribution in [2.45, 2.75) is 12.8 Å². The number of ether oxygens (including phenoxy) is 2. The van der Waals surface area contributed by atoms with Crippen LogP contribution >= 0.6 is 0 Å². The topological polar surface area (TPSA) is 154 Å². The standard InChI is InChI=1S/C10H9N5O6/c11-13-12-8-6(14(16)17)5-7(15(18)19)9-10(8)21-4-2-1-3-20-9/h5H,1-4H2. The van der Waals surface area contributed by atoms with Crippen molar-refractivity contribution in [3.63, 3.8) is 0 Å². The molecule has 0 spiro atoms. The second kappa shape index (κ2) is 5.92. The third-order valence-corrected chi connectivity index (χ3v) is 2.74. The summed E-state index contributed by atoms with van der Waals surface area (Å²) in [6.07, 6.45) is 1.22. The summed E-state index contributed by atoms with van der Waals surface area (Å²) in [7, 11) is 0. The van der Waals surface area contributed by atoms with E-state index in [0.717, 1.165) is 0 Å². The molecule has 1 aromatic rings. The summed E-state index contributed by atoms with van der Waals surface area (Å²) in [4.78, 5) is 22.9. The highest BCUT2D eigenvalue weighted by Gasteiger charge is 2.32. The lowest BCUT2D eigenvalue weighted by molar-refractivity contribution is -0.394. The van der Waals surface area contributed by atoms with Gasteiger partial charge in [-0.05, 0) is 23.5 Å². The van der Waals surface area contributed by atoms with Crippen LogP contribution in [0.25, 0.3) is 10.4 Å². The first kappa shape index (κ1) is 14.3. The van der Waals surface area contributed by atoms with E-state index in [2.05, 4.69) is 10.0 Å². The highest BCUT2D eigenvalue weighted by molar-refractivity contribution is 5.77. The molecule has 0 amide bonds. The first-order valence-electron chi connectivity index (χ1n) is 5.86. The van der Waals surface area contributed by atoms with E-state index >= 15 is 0 Å². The Bertz CT molecular complexity index is 654. The Morgan fingerprint density at radius 2 is 1.67 bits per heavy atom. The van der Waals surface area contributed by atoms with E-state index in [1.807, 2.05) is 0 Å².